The Bertz CT molecular complexity index is 210. The molecule has 0 aromatic rings. The van der Waals surface area contributed by atoms with Crippen molar-refractivity contribution in [2.45, 2.75) is 45.1 Å². The van der Waals surface area contributed by atoms with Crippen molar-refractivity contribution in [1.29, 1.82) is 0 Å². The van der Waals surface area contributed by atoms with Gasteiger partial charge in [-0.1, -0.05) is 6.92 Å². The van der Waals surface area contributed by atoms with Gasteiger partial charge in [0, 0.05) is 13.1 Å². The Morgan fingerprint density at radius 2 is 2.07 bits per heavy atom. The zero-order valence-corrected chi connectivity index (χ0v) is 9.81. The topological polar surface area (TPSA) is 67.2 Å². The summed E-state index contributed by atoms with van der Waals surface area (Å²) in [5.41, 5.74) is 5.62. The molecule has 4 N–H and O–H groups in total. The molecule has 4 heteroatoms. The molecule has 2 amide bonds. The average molecular weight is 213 g/mol. The summed E-state index contributed by atoms with van der Waals surface area (Å²) < 4.78 is 0. The van der Waals surface area contributed by atoms with Crippen molar-refractivity contribution in [3.05, 3.63) is 0 Å². The van der Waals surface area contributed by atoms with E-state index < -0.39 is 0 Å². The summed E-state index contributed by atoms with van der Waals surface area (Å²) in [6, 6.07) is -0.0856. The zero-order chi connectivity index (χ0) is 11.3. The minimum Gasteiger partial charge on any atom is -0.338 e. The van der Waals surface area contributed by atoms with Crippen LogP contribution in [0.3, 0.4) is 0 Å². The Hall–Kier alpha value is -0.770. The molecule has 1 fully saturated rings. The molecule has 1 rings (SSSR count). The normalized spacial score (nSPS) is 31.0. The van der Waals surface area contributed by atoms with E-state index in [9.17, 15) is 4.79 Å². The van der Waals surface area contributed by atoms with Gasteiger partial charge in [0.25, 0.3) is 0 Å². The number of nitrogens with two attached hydrogens (primary N) is 1. The smallest absolute Gasteiger partial charge is 0.315 e. The molecule has 0 aromatic heterocycles. The van der Waals surface area contributed by atoms with Gasteiger partial charge in [-0.05, 0) is 38.5 Å². The fraction of sp³-hybridized carbons (Fsp3) is 0.909. The molecule has 0 bridgehead atoms. The van der Waals surface area contributed by atoms with Crippen molar-refractivity contribution in [2.75, 3.05) is 13.1 Å². The number of carbonyl (C=O) groups excluding carboxylic acids is 1. The molecule has 88 valence electrons. The van der Waals surface area contributed by atoms with Gasteiger partial charge < -0.3 is 16.4 Å². The van der Waals surface area contributed by atoms with Gasteiger partial charge in [0.15, 0.2) is 0 Å². The lowest BCUT2D eigenvalue weighted by Gasteiger charge is -2.39. The number of hydrogen-bond acceptors (Lipinski definition) is 2. The fourth-order valence-corrected chi connectivity index (χ4v) is 2.14. The second-order valence-electron chi connectivity index (χ2n) is 4.65. The predicted molar refractivity (Wildman–Crippen MR) is 61.6 cm³/mol. The van der Waals surface area contributed by atoms with Gasteiger partial charge in [0.05, 0.1) is 5.54 Å². The third-order valence-corrected chi connectivity index (χ3v) is 3.34. The maximum atomic E-state index is 11.5. The molecule has 0 atom stereocenters. The van der Waals surface area contributed by atoms with Crippen LogP contribution in [0.4, 0.5) is 4.79 Å². The van der Waals surface area contributed by atoms with Crippen LogP contribution in [-0.4, -0.2) is 24.7 Å². The van der Waals surface area contributed by atoms with Crippen LogP contribution >= 0.6 is 0 Å². The number of rotatable bonds is 3. The highest BCUT2D eigenvalue weighted by Crippen LogP contribution is 2.30. The highest BCUT2D eigenvalue weighted by atomic mass is 16.2. The first kappa shape index (κ1) is 12.3. The Labute approximate surface area is 92.0 Å². The SMILES string of the molecule is CCNC(=O)NC1(CN)CCC(C)CC1. The maximum Gasteiger partial charge on any atom is 0.315 e. The lowest BCUT2D eigenvalue weighted by atomic mass is 9.77. The Morgan fingerprint density at radius 3 is 2.53 bits per heavy atom. The molecular formula is C11H23N3O. The molecule has 0 saturated heterocycles. The fourth-order valence-electron chi connectivity index (χ4n) is 2.14. The number of urea groups is 1. The highest BCUT2D eigenvalue weighted by molar-refractivity contribution is 5.74. The van der Waals surface area contributed by atoms with Crippen molar-refractivity contribution in [2.24, 2.45) is 11.7 Å². The van der Waals surface area contributed by atoms with Gasteiger partial charge in [-0.25, -0.2) is 4.79 Å². The summed E-state index contributed by atoms with van der Waals surface area (Å²) in [6.07, 6.45) is 4.32. The van der Waals surface area contributed by atoms with Crippen molar-refractivity contribution >= 4 is 6.03 Å². The van der Waals surface area contributed by atoms with Crippen molar-refractivity contribution in [1.82, 2.24) is 10.6 Å². The van der Waals surface area contributed by atoms with Crippen LogP contribution in [0.25, 0.3) is 0 Å². The standard InChI is InChI=1S/C11H23N3O/c1-3-13-10(15)14-11(8-12)6-4-9(2)5-7-11/h9H,3-8,12H2,1-2H3,(H2,13,14,15). The molecule has 0 radical (unpaired) electrons. The lowest BCUT2D eigenvalue weighted by Crippen LogP contribution is -2.57. The third kappa shape index (κ3) is 3.38. The van der Waals surface area contributed by atoms with Crippen LogP contribution in [0.1, 0.15) is 39.5 Å². The Morgan fingerprint density at radius 1 is 1.47 bits per heavy atom. The number of amides is 2. The Balaban J connectivity index is 2.49. The number of hydrogen-bond donors (Lipinski definition) is 3. The van der Waals surface area contributed by atoms with E-state index in [1.807, 2.05) is 6.92 Å². The number of carbonyl (C=O) groups is 1. The minimum absolute atomic E-state index is 0.0856. The number of nitrogens with one attached hydrogen (secondary N) is 2. The van der Waals surface area contributed by atoms with Gasteiger partial charge in [0.2, 0.25) is 0 Å². The molecule has 0 heterocycles. The van der Waals surface area contributed by atoms with Crippen molar-refractivity contribution in [3.8, 4) is 0 Å². The van der Waals surface area contributed by atoms with E-state index in [1.54, 1.807) is 0 Å². The summed E-state index contributed by atoms with van der Waals surface area (Å²) in [5.74, 6) is 0.765. The van der Waals surface area contributed by atoms with Gasteiger partial charge in [0.1, 0.15) is 0 Å². The summed E-state index contributed by atoms with van der Waals surface area (Å²) in [5, 5.41) is 5.79. The summed E-state index contributed by atoms with van der Waals surface area (Å²) in [6.45, 7) is 5.37. The second kappa shape index (κ2) is 5.35. The minimum atomic E-state index is -0.161. The molecule has 1 aliphatic rings. The summed E-state index contributed by atoms with van der Waals surface area (Å²) >= 11 is 0. The zero-order valence-electron chi connectivity index (χ0n) is 9.81. The van der Waals surface area contributed by atoms with Gasteiger partial charge >= 0.3 is 6.03 Å². The molecule has 0 aliphatic heterocycles. The van der Waals surface area contributed by atoms with E-state index in [2.05, 4.69) is 17.6 Å². The summed E-state index contributed by atoms with van der Waals surface area (Å²) in [4.78, 5) is 11.5. The van der Waals surface area contributed by atoms with Gasteiger partial charge in [-0.15, -0.1) is 0 Å². The van der Waals surface area contributed by atoms with E-state index in [-0.39, 0.29) is 11.6 Å². The van der Waals surface area contributed by atoms with Crippen molar-refractivity contribution < 1.29 is 4.79 Å². The van der Waals surface area contributed by atoms with Crippen LogP contribution in [0.5, 0.6) is 0 Å². The first-order valence-electron chi connectivity index (χ1n) is 5.88. The van der Waals surface area contributed by atoms with Crippen molar-refractivity contribution in [3.63, 3.8) is 0 Å². The van der Waals surface area contributed by atoms with Gasteiger partial charge in [-0.3, -0.25) is 0 Å². The first-order chi connectivity index (χ1) is 7.12. The van der Waals surface area contributed by atoms with E-state index in [1.165, 1.54) is 0 Å². The van der Waals surface area contributed by atoms with Gasteiger partial charge in [-0.2, -0.15) is 0 Å². The largest absolute Gasteiger partial charge is 0.338 e. The molecule has 15 heavy (non-hydrogen) atoms. The van der Waals surface area contributed by atoms with E-state index >= 15 is 0 Å². The van der Waals surface area contributed by atoms with Crippen LogP contribution in [-0.2, 0) is 0 Å². The monoisotopic (exact) mass is 213 g/mol. The van der Waals surface area contributed by atoms with E-state index in [4.69, 9.17) is 5.73 Å². The lowest BCUT2D eigenvalue weighted by molar-refractivity contribution is 0.189. The molecule has 0 aromatic carbocycles. The summed E-state index contributed by atoms with van der Waals surface area (Å²) in [7, 11) is 0. The molecule has 0 spiro atoms. The highest BCUT2D eigenvalue weighted by Gasteiger charge is 2.34. The first-order valence-corrected chi connectivity index (χ1v) is 5.88. The molecule has 1 saturated carbocycles. The molecule has 0 unspecified atom stereocenters. The Kier molecular flexibility index (Phi) is 4.39. The third-order valence-electron chi connectivity index (χ3n) is 3.34. The van der Waals surface area contributed by atoms with E-state index in [0.717, 1.165) is 31.6 Å². The molecule has 1 aliphatic carbocycles. The average Bonchev–Trinajstić information content (AvgIpc) is 2.22. The maximum absolute atomic E-state index is 11.5. The van der Waals surface area contributed by atoms with E-state index in [0.29, 0.717) is 13.1 Å². The van der Waals surface area contributed by atoms with Crippen LogP contribution in [0, 0.1) is 5.92 Å². The second-order valence-corrected chi connectivity index (χ2v) is 4.65. The van der Waals surface area contributed by atoms with Crippen LogP contribution in [0.15, 0.2) is 0 Å². The molecule has 4 nitrogen and oxygen atoms in total. The van der Waals surface area contributed by atoms with Crippen LogP contribution < -0.4 is 16.4 Å². The predicted octanol–water partition coefficient (Wildman–Crippen LogP) is 1.21. The van der Waals surface area contributed by atoms with Crippen LogP contribution in [0.2, 0.25) is 0 Å². The quantitative estimate of drug-likeness (QED) is 0.659. The molecular weight excluding hydrogens is 190 g/mol.